The van der Waals surface area contributed by atoms with E-state index < -0.39 is 23.5 Å². The van der Waals surface area contributed by atoms with Crippen LogP contribution in [0.2, 0.25) is 0 Å². The van der Waals surface area contributed by atoms with Crippen molar-refractivity contribution in [3.8, 4) is 0 Å². The van der Waals surface area contributed by atoms with E-state index in [4.69, 9.17) is 14.2 Å². The first-order valence-electron chi connectivity index (χ1n) is 9.99. The van der Waals surface area contributed by atoms with Gasteiger partial charge in [0.15, 0.2) is 11.6 Å². The summed E-state index contributed by atoms with van der Waals surface area (Å²) in [5.74, 6) is -2.19. The number of rotatable bonds is 5. The minimum absolute atomic E-state index is 0.112. The smallest absolute Gasteiger partial charge is 0.322 e. The van der Waals surface area contributed by atoms with Gasteiger partial charge in [-0.2, -0.15) is 0 Å². The maximum absolute atomic E-state index is 14.5. The van der Waals surface area contributed by atoms with Gasteiger partial charge in [-0.15, -0.1) is 0 Å². The standard InChI is InChI=1S/C22H25FO5/c1-22(26-10-11-27-22)17-9-7-14(12-18(17)23)6-8-16-13-19(24)20(21(25)28-16)15-4-2-3-5-15/h7,9,12-13,15,20H,2-6,8,10-11H2,1H3. The number of benzene rings is 1. The van der Waals surface area contributed by atoms with E-state index in [1.165, 1.54) is 12.1 Å². The highest BCUT2D eigenvalue weighted by molar-refractivity contribution is 6.07. The van der Waals surface area contributed by atoms with E-state index in [9.17, 15) is 14.0 Å². The second kappa shape index (κ2) is 7.76. The summed E-state index contributed by atoms with van der Waals surface area (Å²) in [6.45, 7) is 2.58. The lowest BCUT2D eigenvalue weighted by atomic mass is 9.85. The van der Waals surface area contributed by atoms with Gasteiger partial charge in [-0.25, -0.2) is 4.39 Å². The molecule has 1 aliphatic carbocycles. The summed E-state index contributed by atoms with van der Waals surface area (Å²) in [7, 11) is 0. The quantitative estimate of drug-likeness (QED) is 0.567. The van der Waals surface area contributed by atoms with Crippen molar-refractivity contribution in [3.63, 3.8) is 0 Å². The summed E-state index contributed by atoms with van der Waals surface area (Å²) in [5, 5.41) is 0. The van der Waals surface area contributed by atoms with Crippen LogP contribution in [0.3, 0.4) is 0 Å². The number of halogens is 1. The zero-order chi connectivity index (χ0) is 19.7. The van der Waals surface area contributed by atoms with Crippen LogP contribution in [0.5, 0.6) is 0 Å². The fraction of sp³-hybridized carbons (Fsp3) is 0.545. The van der Waals surface area contributed by atoms with Gasteiger partial charge in [-0.3, -0.25) is 9.59 Å². The second-order valence-corrected chi connectivity index (χ2v) is 7.91. The second-order valence-electron chi connectivity index (χ2n) is 7.91. The highest BCUT2D eigenvalue weighted by Crippen LogP contribution is 2.36. The van der Waals surface area contributed by atoms with Gasteiger partial charge >= 0.3 is 5.97 Å². The zero-order valence-corrected chi connectivity index (χ0v) is 16.0. The predicted molar refractivity (Wildman–Crippen MR) is 98.6 cm³/mol. The predicted octanol–water partition coefficient (Wildman–Crippen LogP) is 3.79. The number of aryl methyl sites for hydroxylation is 1. The average Bonchev–Trinajstić information content (AvgIpc) is 3.32. The molecular weight excluding hydrogens is 363 g/mol. The van der Waals surface area contributed by atoms with Crippen molar-refractivity contribution in [3.05, 3.63) is 47.0 Å². The van der Waals surface area contributed by atoms with Crippen molar-refractivity contribution in [2.45, 2.75) is 51.2 Å². The van der Waals surface area contributed by atoms with Crippen LogP contribution < -0.4 is 0 Å². The number of carbonyl (C=O) groups is 2. The molecule has 1 aromatic carbocycles. The van der Waals surface area contributed by atoms with Crippen LogP contribution >= 0.6 is 0 Å². The van der Waals surface area contributed by atoms with E-state index in [1.54, 1.807) is 13.0 Å². The molecular formula is C22H25FO5. The molecule has 1 atom stereocenters. The van der Waals surface area contributed by atoms with Gasteiger partial charge in [-0.1, -0.05) is 25.0 Å². The lowest BCUT2D eigenvalue weighted by molar-refractivity contribution is -0.152. The summed E-state index contributed by atoms with van der Waals surface area (Å²) in [6, 6.07) is 4.92. The van der Waals surface area contributed by atoms with E-state index >= 15 is 0 Å². The fourth-order valence-electron chi connectivity index (χ4n) is 4.45. The van der Waals surface area contributed by atoms with Gasteiger partial charge in [0.05, 0.1) is 13.2 Å². The summed E-state index contributed by atoms with van der Waals surface area (Å²) < 4.78 is 31.0. The molecule has 4 rings (SSSR count). The molecule has 6 heteroatoms. The SMILES string of the molecule is CC1(c2ccc(CCC3=CC(=O)C(C4CCCC4)C(=O)O3)cc2F)OCCO1. The maximum Gasteiger partial charge on any atom is 0.322 e. The normalized spacial score (nSPS) is 25.1. The fourth-order valence-corrected chi connectivity index (χ4v) is 4.45. The molecule has 1 saturated carbocycles. The molecule has 5 nitrogen and oxygen atoms in total. The van der Waals surface area contributed by atoms with Gasteiger partial charge in [0.25, 0.3) is 0 Å². The third-order valence-corrected chi connectivity index (χ3v) is 5.99. The molecule has 2 fully saturated rings. The summed E-state index contributed by atoms with van der Waals surface area (Å²) in [4.78, 5) is 24.8. The van der Waals surface area contributed by atoms with Crippen molar-refractivity contribution in [2.24, 2.45) is 11.8 Å². The minimum atomic E-state index is -1.05. The Hall–Kier alpha value is -2.05. The average molecular weight is 388 g/mol. The summed E-state index contributed by atoms with van der Waals surface area (Å²) in [6.07, 6.45) is 6.24. The Labute approximate surface area is 163 Å². The first kappa shape index (κ1) is 19.3. The summed E-state index contributed by atoms with van der Waals surface area (Å²) >= 11 is 0. The molecule has 0 radical (unpaired) electrons. The van der Waals surface area contributed by atoms with Crippen molar-refractivity contribution in [1.29, 1.82) is 0 Å². The van der Waals surface area contributed by atoms with Gasteiger partial charge in [0.2, 0.25) is 0 Å². The van der Waals surface area contributed by atoms with Crippen LogP contribution in [0, 0.1) is 17.7 Å². The molecule has 3 aliphatic rings. The van der Waals surface area contributed by atoms with Crippen LogP contribution in [-0.2, 0) is 36.0 Å². The van der Waals surface area contributed by atoms with E-state index in [0.29, 0.717) is 37.4 Å². The molecule has 2 aliphatic heterocycles. The number of cyclic esters (lactones) is 1. The maximum atomic E-state index is 14.5. The number of hydrogen-bond acceptors (Lipinski definition) is 5. The topological polar surface area (TPSA) is 61.8 Å². The van der Waals surface area contributed by atoms with Crippen LogP contribution in [0.4, 0.5) is 4.39 Å². The van der Waals surface area contributed by atoms with Gasteiger partial charge in [0.1, 0.15) is 17.5 Å². The molecule has 0 N–H and O–H groups in total. The Morgan fingerprint density at radius 1 is 1.11 bits per heavy atom. The molecule has 1 saturated heterocycles. The Bertz CT molecular complexity index is 803. The monoisotopic (exact) mass is 388 g/mol. The van der Waals surface area contributed by atoms with Gasteiger partial charge in [-0.05, 0) is 43.7 Å². The molecule has 0 amide bonds. The number of ketones is 1. The van der Waals surface area contributed by atoms with Gasteiger partial charge in [0, 0.05) is 18.1 Å². The van der Waals surface area contributed by atoms with Crippen LogP contribution in [-0.4, -0.2) is 25.0 Å². The van der Waals surface area contributed by atoms with Crippen molar-refractivity contribution in [2.75, 3.05) is 13.2 Å². The Morgan fingerprint density at radius 2 is 1.82 bits per heavy atom. The zero-order valence-electron chi connectivity index (χ0n) is 16.0. The first-order chi connectivity index (χ1) is 13.5. The van der Waals surface area contributed by atoms with Crippen LogP contribution in [0.15, 0.2) is 30.0 Å². The third-order valence-electron chi connectivity index (χ3n) is 5.99. The first-order valence-corrected chi connectivity index (χ1v) is 9.99. The highest BCUT2D eigenvalue weighted by atomic mass is 19.1. The lowest BCUT2D eigenvalue weighted by Gasteiger charge is -2.24. The molecule has 28 heavy (non-hydrogen) atoms. The molecule has 150 valence electrons. The van der Waals surface area contributed by atoms with Crippen molar-refractivity contribution in [1.82, 2.24) is 0 Å². The number of hydrogen-bond donors (Lipinski definition) is 0. The molecule has 0 spiro atoms. The summed E-state index contributed by atoms with van der Waals surface area (Å²) in [5.41, 5.74) is 1.12. The molecule has 1 aromatic rings. The van der Waals surface area contributed by atoms with E-state index in [0.717, 1.165) is 31.2 Å². The number of allylic oxidation sites excluding steroid dienone is 2. The van der Waals surface area contributed by atoms with Gasteiger partial charge < -0.3 is 14.2 Å². The van der Waals surface area contributed by atoms with E-state index in [2.05, 4.69) is 0 Å². The highest BCUT2D eigenvalue weighted by Gasteiger charge is 2.40. The molecule has 1 unspecified atom stereocenters. The van der Waals surface area contributed by atoms with E-state index in [-0.39, 0.29) is 11.7 Å². The minimum Gasteiger partial charge on any atom is -0.430 e. The number of ether oxygens (including phenoxy) is 3. The Morgan fingerprint density at radius 3 is 2.46 bits per heavy atom. The van der Waals surface area contributed by atoms with Crippen molar-refractivity contribution >= 4 is 11.8 Å². The Balaban J connectivity index is 1.40. The molecule has 0 bridgehead atoms. The van der Waals surface area contributed by atoms with Crippen LogP contribution in [0.25, 0.3) is 0 Å². The van der Waals surface area contributed by atoms with Crippen LogP contribution in [0.1, 0.15) is 50.2 Å². The number of carbonyl (C=O) groups excluding carboxylic acids is 2. The third kappa shape index (κ3) is 3.76. The Kier molecular flexibility index (Phi) is 5.34. The number of esters is 1. The molecule has 0 aromatic heterocycles. The van der Waals surface area contributed by atoms with Crippen molar-refractivity contribution < 1.29 is 28.2 Å². The largest absolute Gasteiger partial charge is 0.430 e. The lowest BCUT2D eigenvalue weighted by Crippen LogP contribution is -2.34. The molecule has 2 heterocycles. The van der Waals surface area contributed by atoms with E-state index in [1.807, 2.05) is 6.07 Å².